The van der Waals surface area contributed by atoms with Crippen LogP contribution in [0, 0.1) is 18.3 Å². The van der Waals surface area contributed by atoms with Gasteiger partial charge in [-0.3, -0.25) is 0 Å². The lowest BCUT2D eigenvalue weighted by Crippen LogP contribution is -2.35. The van der Waals surface area contributed by atoms with E-state index in [-0.39, 0.29) is 0 Å². The first kappa shape index (κ1) is 16.4. The van der Waals surface area contributed by atoms with Crippen molar-refractivity contribution in [3.63, 3.8) is 0 Å². The molecule has 1 aromatic carbocycles. The van der Waals surface area contributed by atoms with Crippen molar-refractivity contribution in [1.29, 1.82) is 0 Å². The number of benzene rings is 1. The zero-order valence-corrected chi connectivity index (χ0v) is 14.3. The molecule has 0 radical (unpaired) electrons. The largest absolute Gasteiger partial charge is 0.496 e. The summed E-state index contributed by atoms with van der Waals surface area (Å²) in [5.74, 6) is 1.73. The summed E-state index contributed by atoms with van der Waals surface area (Å²) in [6.07, 6.45) is 6.76. The summed E-state index contributed by atoms with van der Waals surface area (Å²) in [5, 5.41) is 3.63. The van der Waals surface area contributed by atoms with Crippen molar-refractivity contribution in [3.8, 4) is 5.75 Å². The zero-order chi connectivity index (χ0) is 15.5. The molecule has 1 aromatic rings. The van der Waals surface area contributed by atoms with Gasteiger partial charge in [-0.05, 0) is 61.8 Å². The van der Waals surface area contributed by atoms with Crippen molar-refractivity contribution in [2.45, 2.75) is 58.9 Å². The Morgan fingerprint density at radius 3 is 2.38 bits per heavy atom. The molecular weight excluding hydrogens is 258 g/mol. The van der Waals surface area contributed by atoms with E-state index < -0.39 is 0 Å². The minimum atomic E-state index is 0.421. The Bertz CT molecular complexity index is 461. The highest BCUT2D eigenvalue weighted by molar-refractivity contribution is 5.38. The average molecular weight is 289 g/mol. The van der Waals surface area contributed by atoms with Crippen molar-refractivity contribution >= 4 is 0 Å². The van der Waals surface area contributed by atoms with E-state index in [0.29, 0.717) is 11.5 Å². The SMILES string of the molecule is CNC(c1ccc(OC)c(C)c1)C1(CC(C)C)CCCC1. The molecule has 0 saturated heterocycles. The third kappa shape index (κ3) is 3.42. The van der Waals surface area contributed by atoms with Crippen LogP contribution < -0.4 is 10.1 Å². The number of methoxy groups -OCH3 is 1. The normalized spacial score (nSPS) is 19.0. The van der Waals surface area contributed by atoms with Crippen molar-refractivity contribution in [1.82, 2.24) is 5.32 Å². The summed E-state index contributed by atoms with van der Waals surface area (Å²) in [7, 11) is 3.86. The molecule has 0 spiro atoms. The van der Waals surface area contributed by atoms with Crippen LogP contribution in [0.15, 0.2) is 18.2 Å². The summed E-state index contributed by atoms with van der Waals surface area (Å²) < 4.78 is 5.41. The second kappa shape index (κ2) is 6.83. The minimum Gasteiger partial charge on any atom is -0.496 e. The van der Waals surface area contributed by atoms with Crippen LogP contribution in [0.25, 0.3) is 0 Å². The van der Waals surface area contributed by atoms with E-state index in [0.717, 1.165) is 11.7 Å². The van der Waals surface area contributed by atoms with Gasteiger partial charge in [0.2, 0.25) is 0 Å². The number of rotatable bonds is 6. The fourth-order valence-corrected chi connectivity index (χ4v) is 4.41. The molecule has 118 valence electrons. The van der Waals surface area contributed by atoms with Gasteiger partial charge in [-0.2, -0.15) is 0 Å². The molecule has 0 aliphatic heterocycles. The van der Waals surface area contributed by atoms with Gasteiger partial charge in [0.1, 0.15) is 5.75 Å². The van der Waals surface area contributed by atoms with Gasteiger partial charge in [0, 0.05) is 6.04 Å². The Balaban J connectivity index is 2.34. The zero-order valence-electron chi connectivity index (χ0n) is 14.3. The highest BCUT2D eigenvalue weighted by atomic mass is 16.5. The van der Waals surface area contributed by atoms with Gasteiger partial charge < -0.3 is 10.1 Å². The van der Waals surface area contributed by atoms with Crippen LogP contribution in [0.3, 0.4) is 0 Å². The molecule has 0 amide bonds. The fourth-order valence-electron chi connectivity index (χ4n) is 4.41. The number of nitrogens with one attached hydrogen (secondary N) is 1. The molecule has 2 nitrogen and oxygen atoms in total. The van der Waals surface area contributed by atoms with E-state index >= 15 is 0 Å². The van der Waals surface area contributed by atoms with Gasteiger partial charge >= 0.3 is 0 Å². The Morgan fingerprint density at radius 2 is 1.90 bits per heavy atom. The third-order valence-corrected chi connectivity index (χ3v) is 5.07. The lowest BCUT2D eigenvalue weighted by molar-refractivity contribution is 0.161. The highest BCUT2D eigenvalue weighted by Gasteiger charge is 2.41. The van der Waals surface area contributed by atoms with Crippen molar-refractivity contribution in [3.05, 3.63) is 29.3 Å². The van der Waals surface area contributed by atoms with Crippen LogP contribution in [0.5, 0.6) is 5.75 Å². The van der Waals surface area contributed by atoms with E-state index in [1.54, 1.807) is 7.11 Å². The molecule has 0 heterocycles. The van der Waals surface area contributed by atoms with Gasteiger partial charge in [-0.25, -0.2) is 0 Å². The first-order valence-electron chi connectivity index (χ1n) is 8.34. The molecule has 2 rings (SSSR count). The van der Waals surface area contributed by atoms with Crippen LogP contribution in [0.2, 0.25) is 0 Å². The van der Waals surface area contributed by atoms with Gasteiger partial charge in [0.25, 0.3) is 0 Å². The van der Waals surface area contributed by atoms with Crippen molar-refractivity contribution in [2.75, 3.05) is 14.2 Å². The maximum Gasteiger partial charge on any atom is 0.121 e. The molecule has 1 fully saturated rings. The van der Waals surface area contributed by atoms with Crippen LogP contribution in [0.4, 0.5) is 0 Å². The standard InChI is InChI=1S/C19H31NO/c1-14(2)13-19(10-6-7-11-19)18(20-4)16-8-9-17(21-5)15(3)12-16/h8-9,12,14,18,20H,6-7,10-11,13H2,1-5H3. The molecule has 1 unspecified atom stereocenters. The highest BCUT2D eigenvalue weighted by Crippen LogP contribution is 2.51. The monoisotopic (exact) mass is 289 g/mol. The van der Waals surface area contributed by atoms with Gasteiger partial charge in [0.15, 0.2) is 0 Å². The quantitative estimate of drug-likeness (QED) is 0.806. The Morgan fingerprint density at radius 1 is 1.24 bits per heavy atom. The molecule has 1 saturated carbocycles. The Labute approximate surface area is 130 Å². The maximum absolute atomic E-state index is 5.41. The van der Waals surface area contributed by atoms with E-state index in [1.165, 1.54) is 43.2 Å². The van der Waals surface area contributed by atoms with Gasteiger partial charge in [-0.1, -0.05) is 38.8 Å². The summed E-state index contributed by atoms with van der Waals surface area (Å²) in [4.78, 5) is 0. The lowest BCUT2D eigenvalue weighted by atomic mass is 9.70. The summed E-state index contributed by atoms with van der Waals surface area (Å²) >= 11 is 0. The molecule has 1 aliphatic carbocycles. The number of hydrogen-bond donors (Lipinski definition) is 1. The fraction of sp³-hybridized carbons (Fsp3) is 0.684. The molecule has 0 aromatic heterocycles. The first-order chi connectivity index (χ1) is 10.0. The third-order valence-electron chi connectivity index (χ3n) is 5.07. The smallest absolute Gasteiger partial charge is 0.121 e. The molecular formula is C19H31NO. The second-order valence-electron chi connectivity index (χ2n) is 7.12. The molecule has 21 heavy (non-hydrogen) atoms. The summed E-state index contributed by atoms with van der Waals surface area (Å²) in [6, 6.07) is 7.12. The van der Waals surface area contributed by atoms with Crippen molar-refractivity contribution < 1.29 is 4.74 Å². The van der Waals surface area contributed by atoms with Crippen LogP contribution in [0.1, 0.15) is 63.1 Å². The van der Waals surface area contributed by atoms with Crippen molar-refractivity contribution in [2.24, 2.45) is 11.3 Å². The first-order valence-corrected chi connectivity index (χ1v) is 8.34. The summed E-state index contributed by atoms with van der Waals surface area (Å²) in [6.45, 7) is 6.84. The molecule has 1 atom stereocenters. The van der Waals surface area contributed by atoms with Crippen LogP contribution in [-0.2, 0) is 0 Å². The topological polar surface area (TPSA) is 21.3 Å². The number of aryl methyl sites for hydroxylation is 1. The molecule has 1 aliphatic rings. The number of ether oxygens (including phenoxy) is 1. The molecule has 0 bridgehead atoms. The average Bonchev–Trinajstić information content (AvgIpc) is 2.88. The lowest BCUT2D eigenvalue weighted by Gasteiger charge is -2.39. The minimum absolute atomic E-state index is 0.421. The van der Waals surface area contributed by atoms with E-state index in [9.17, 15) is 0 Å². The van der Waals surface area contributed by atoms with E-state index in [4.69, 9.17) is 4.74 Å². The van der Waals surface area contributed by atoms with E-state index in [2.05, 4.69) is 51.3 Å². The molecule has 2 heteroatoms. The Kier molecular flexibility index (Phi) is 5.32. The van der Waals surface area contributed by atoms with E-state index in [1.807, 2.05) is 0 Å². The van der Waals surface area contributed by atoms with Crippen LogP contribution in [-0.4, -0.2) is 14.2 Å². The number of hydrogen-bond acceptors (Lipinski definition) is 2. The summed E-state index contributed by atoms with van der Waals surface area (Å²) in [5.41, 5.74) is 3.07. The molecule has 1 N–H and O–H groups in total. The maximum atomic E-state index is 5.41. The predicted octanol–water partition coefficient (Wildman–Crippen LogP) is 4.87. The Hall–Kier alpha value is -1.02. The van der Waals surface area contributed by atoms with Crippen LogP contribution >= 0.6 is 0 Å². The van der Waals surface area contributed by atoms with Gasteiger partial charge in [0.05, 0.1) is 7.11 Å². The predicted molar refractivity (Wildman–Crippen MR) is 89.9 cm³/mol. The second-order valence-corrected chi connectivity index (χ2v) is 7.12. The van der Waals surface area contributed by atoms with Gasteiger partial charge in [-0.15, -0.1) is 0 Å².